The number of carboxylic acid groups (broad SMARTS) is 1. The first-order valence-electron chi connectivity index (χ1n) is 9.39. The molecule has 0 saturated heterocycles. The fourth-order valence-electron chi connectivity index (χ4n) is 2.35. The van der Waals surface area contributed by atoms with E-state index in [-0.39, 0.29) is 31.0 Å². The second kappa shape index (κ2) is 23.1. The van der Waals surface area contributed by atoms with Crippen molar-refractivity contribution in [2.45, 2.75) is 96.8 Å². The molecule has 0 spiro atoms. The zero-order valence-electron chi connectivity index (χ0n) is 17.7. The quantitative estimate of drug-likeness (QED) is 0.167. The predicted molar refractivity (Wildman–Crippen MR) is 104 cm³/mol. The van der Waals surface area contributed by atoms with Crippen molar-refractivity contribution in [3.8, 4) is 0 Å². The van der Waals surface area contributed by atoms with Crippen LogP contribution in [0.4, 0.5) is 0 Å². The van der Waals surface area contributed by atoms with Crippen molar-refractivity contribution in [2.24, 2.45) is 5.14 Å². The van der Waals surface area contributed by atoms with E-state index in [2.05, 4.69) is 24.2 Å². The van der Waals surface area contributed by atoms with Gasteiger partial charge in [0.2, 0.25) is 0 Å². The standard InChI is InChI=1S/C18H34O2.H3NO3S.Na.H/c1-2-3-4-5-6-7-8-9-10-11-12-13-14-15-16-17-18(19)20;1-5(2,3)4;;/h9-10H,2-8,11-17H2,1H3,(H,19,20);(H3,1,2,3,4);;/q;;+1;-1/b10-9-;;;. The molecule has 0 fully saturated rings. The number of hydrogen-bond donors (Lipinski definition) is 3. The second-order valence-electron chi connectivity index (χ2n) is 6.24. The van der Waals surface area contributed by atoms with E-state index in [0.717, 1.165) is 12.8 Å². The summed E-state index contributed by atoms with van der Waals surface area (Å²) in [6.07, 6.45) is 21.2. The van der Waals surface area contributed by atoms with Crippen LogP contribution < -0.4 is 34.7 Å². The molecule has 0 amide bonds. The van der Waals surface area contributed by atoms with Gasteiger partial charge in [0.25, 0.3) is 0 Å². The number of hydrogen-bond acceptors (Lipinski definition) is 3. The summed E-state index contributed by atoms with van der Waals surface area (Å²) < 4.78 is 25.2. The topological polar surface area (TPSA) is 118 Å². The maximum atomic E-state index is 10.3. The molecule has 6 nitrogen and oxygen atoms in total. The SMILES string of the molecule is CCCCCCCC/C=C\CCCCCCCC(=O)O.NS(=O)(=O)O.[H-].[Na+]. The van der Waals surface area contributed by atoms with Crippen LogP contribution >= 0.6 is 0 Å². The maximum absolute atomic E-state index is 10.3. The van der Waals surface area contributed by atoms with Gasteiger partial charge >= 0.3 is 45.8 Å². The molecule has 0 heterocycles. The Bertz CT molecular complexity index is 425. The Morgan fingerprint density at radius 2 is 1.23 bits per heavy atom. The van der Waals surface area contributed by atoms with Crippen LogP contribution in [0.2, 0.25) is 0 Å². The van der Waals surface area contributed by atoms with Crippen LogP contribution in [-0.4, -0.2) is 24.0 Å². The number of carbonyl (C=O) groups is 1. The van der Waals surface area contributed by atoms with E-state index in [4.69, 9.17) is 18.1 Å². The summed E-state index contributed by atoms with van der Waals surface area (Å²) in [6, 6.07) is 0. The summed E-state index contributed by atoms with van der Waals surface area (Å²) in [7, 11) is -4.17. The summed E-state index contributed by atoms with van der Waals surface area (Å²) >= 11 is 0. The molecule has 26 heavy (non-hydrogen) atoms. The molecule has 0 aliphatic heterocycles. The minimum Gasteiger partial charge on any atom is -1.00 e. The van der Waals surface area contributed by atoms with Crippen LogP contribution in [0.3, 0.4) is 0 Å². The van der Waals surface area contributed by atoms with Crippen LogP contribution in [0.1, 0.15) is 98.2 Å². The summed E-state index contributed by atoms with van der Waals surface area (Å²) in [4.78, 5) is 10.3. The Morgan fingerprint density at radius 3 is 1.62 bits per heavy atom. The van der Waals surface area contributed by atoms with Crippen molar-refractivity contribution in [1.82, 2.24) is 0 Å². The van der Waals surface area contributed by atoms with Crippen molar-refractivity contribution in [3.05, 3.63) is 12.2 Å². The number of aliphatic carboxylic acids is 1. The molecule has 0 aliphatic rings. The number of rotatable bonds is 15. The molecule has 0 rings (SSSR count). The zero-order valence-corrected chi connectivity index (χ0v) is 19.5. The molecule has 0 aliphatic carbocycles. The van der Waals surface area contributed by atoms with Crippen LogP contribution in [-0.2, 0) is 15.1 Å². The normalized spacial score (nSPS) is 10.9. The Balaban J connectivity index is -0.000000333. The first-order valence-corrected chi connectivity index (χ1v) is 10.9. The third-order valence-electron chi connectivity index (χ3n) is 3.65. The monoisotopic (exact) mass is 403 g/mol. The van der Waals surface area contributed by atoms with E-state index in [1.165, 1.54) is 70.6 Å². The van der Waals surface area contributed by atoms with Gasteiger partial charge in [-0.15, -0.1) is 0 Å². The largest absolute Gasteiger partial charge is 1.00 e. The number of allylic oxidation sites excluding steroid dienone is 2. The molecular weight excluding hydrogens is 365 g/mol. The van der Waals surface area contributed by atoms with E-state index < -0.39 is 16.3 Å². The molecule has 152 valence electrons. The Labute approximate surface area is 183 Å². The summed E-state index contributed by atoms with van der Waals surface area (Å²) in [6.45, 7) is 2.26. The predicted octanol–water partition coefficient (Wildman–Crippen LogP) is 1.97. The first kappa shape index (κ1) is 30.8. The van der Waals surface area contributed by atoms with Crippen molar-refractivity contribution < 1.29 is 53.9 Å². The van der Waals surface area contributed by atoms with Crippen LogP contribution in [0.5, 0.6) is 0 Å². The van der Waals surface area contributed by atoms with E-state index in [1.807, 2.05) is 0 Å². The van der Waals surface area contributed by atoms with Crippen LogP contribution in [0.15, 0.2) is 12.2 Å². The number of unbranched alkanes of at least 4 members (excludes halogenated alkanes) is 11. The third-order valence-corrected chi connectivity index (χ3v) is 3.65. The Morgan fingerprint density at radius 1 is 0.885 bits per heavy atom. The number of nitrogens with two attached hydrogens (primary N) is 1. The van der Waals surface area contributed by atoms with E-state index in [0.29, 0.717) is 6.42 Å². The molecule has 0 aromatic heterocycles. The molecular formula is C18H38NNaO5S. The maximum Gasteiger partial charge on any atom is 1.00 e. The molecule has 0 bridgehead atoms. The molecule has 0 radical (unpaired) electrons. The van der Waals surface area contributed by atoms with Gasteiger partial charge in [0.15, 0.2) is 0 Å². The molecule has 0 aromatic rings. The van der Waals surface area contributed by atoms with E-state index in [9.17, 15) is 4.79 Å². The van der Waals surface area contributed by atoms with Gasteiger partial charge < -0.3 is 6.53 Å². The van der Waals surface area contributed by atoms with Crippen molar-refractivity contribution in [1.29, 1.82) is 0 Å². The Hall–Kier alpha value is 0.0800. The van der Waals surface area contributed by atoms with Gasteiger partial charge in [-0.25, -0.2) is 5.14 Å². The van der Waals surface area contributed by atoms with Crippen LogP contribution in [0, 0.1) is 0 Å². The fraction of sp³-hybridized carbons (Fsp3) is 0.833. The minimum absolute atomic E-state index is 0. The van der Waals surface area contributed by atoms with Crippen molar-refractivity contribution in [2.75, 3.05) is 0 Å². The van der Waals surface area contributed by atoms with E-state index in [1.54, 1.807) is 0 Å². The summed E-state index contributed by atoms with van der Waals surface area (Å²) in [5.74, 6) is -0.664. The van der Waals surface area contributed by atoms with Gasteiger partial charge in [0.05, 0.1) is 0 Å². The average Bonchev–Trinajstić information content (AvgIpc) is 2.49. The van der Waals surface area contributed by atoms with Gasteiger partial charge in [0.1, 0.15) is 0 Å². The molecule has 0 unspecified atom stereocenters. The smallest absolute Gasteiger partial charge is 1.00 e. The minimum atomic E-state index is -4.17. The molecule has 8 heteroatoms. The molecule has 0 atom stereocenters. The van der Waals surface area contributed by atoms with Crippen molar-refractivity contribution >= 4 is 16.3 Å². The molecule has 4 N–H and O–H groups in total. The van der Waals surface area contributed by atoms with Gasteiger partial charge in [-0.3, -0.25) is 9.35 Å². The first-order chi connectivity index (χ1) is 11.8. The van der Waals surface area contributed by atoms with Gasteiger partial charge in [-0.2, -0.15) is 8.42 Å². The van der Waals surface area contributed by atoms with Crippen LogP contribution in [0.25, 0.3) is 0 Å². The van der Waals surface area contributed by atoms with Crippen molar-refractivity contribution in [3.63, 3.8) is 0 Å². The summed E-state index contributed by atoms with van der Waals surface area (Å²) in [5.41, 5.74) is 0. The zero-order chi connectivity index (χ0) is 19.4. The molecule has 0 aromatic carbocycles. The van der Waals surface area contributed by atoms with Gasteiger partial charge in [-0.05, 0) is 32.1 Å². The third kappa shape index (κ3) is 44.0. The number of carboxylic acids is 1. The fourth-order valence-corrected chi connectivity index (χ4v) is 2.35. The second-order valence-corrected chi connectivity index (χ2v) is 7.27. The molecule has 0 saturated carbocycles. The summed E-state index contributed by atoms with van der Waals surface area (Å²) in [5, 5.41) is 12.4. The van der Waals surface area contributed by atoms with Gasteiger partial charge in [0, 0.05) is 6.42 Å². The Kier molecular flexibility index (Phi) is 27.4. The average molecular weight is 404 g/mol. The van der Waals surface area contributed by atoms with E-state index >= 15 is 0 Å². The van der Waals surface area contributed by atoms with Gasteiger partial charge in [-0.1, -0.05) is 70.4 Å².